The number of carbonyl (C=O) groups excluding carboxylic acids is 2. The molecule has 1 spiro atoms. The number of carbonyl (C=O) groups is 2. The van der Waals surface area contributed by atoms with Gasteiger partial charge in [0.2, 0.25) is 5.91 Å². The van der Waals surface area contributed by atoms with Crippen molar-refractivity contribution in [1.29, 1.82) is 0 Å². The Morgan fingerprint density at radius 3 is 2.93 bits per heavy atom. The number of hydrogen-bond donors (Lipinski definition) is 1. The van der Waals surface area contributed by atoms with Gasteiger partial charge in [0, 0.05) is 43.2 Å². The van der Waals surface area contributed by atoms with Gasteiger partial charge in [-0.25, -0.2) is 0 Å². The molecule has 27 heavy (non-hydrogen) atoms. The predicted molar refractivity (Wildman–Crippen MR) is 99.0 cm³/mol. The molecule has 6 nitrogen and oxygen atoms in total. The van der Waals surface area contributed by atoms with Crippen molar-refractivity contribution >= 4 is 11.8 Å². The molecule has 4 fully saturated rings. The molecule has 1 saturated carbocycles. The van der Waals surface area contributed by atoms with Crippen molar-refractivity contribution in [1.82, 2.24) is 15.2 Å². The molecule has 1 N–H and O–H groups in total. The zero-order valence-corrected chi connectivity index (χ0v) is 15.8. The topological polar surface area (TPSA) is 71.5 Å². The van der Waals surface area contributed by atoms with Crippen molar-refractivity contribution in [3.05, 3.63) is 29.6 Å². The summed E-state index contributed by atoms with van der Waals surface area (Å²) < 4.78 is 6.41. The van der Waals surface area contributed by atoms with E-state index in [0.29, 0.717) is 29.9 Å². The normalized spacial score (nSPS) is 34.4. The zero-order chi connectivity index (χ0) is 18.6. The van der Waals surface area contributed by atoms with E-state index in [2.05, 4.69) is 15.2 Å². The van der Waals surface area contributed by atoms with E-state index < -0.39 is 0 Å². The first-order valence-electron chi connectivity index (χ1n) is 10.2. The summed E-state index contributed by atoms with van der Waals surface area (Å²) in [6, 6.07) is 1.86. The van der Waals surface area contributed by atoms with Crippen LogP contribution in [-0.2, 0) is 9.53 Å². The fraction of sp³-hybridized carbons (Fsp3) is 0.667. The Morgan fingerprint density at radius 1 is 1.33 bits per heavy atom. The highest BCUT2D eigenvalue weighted by Crippen LogP contribution is 2.55. The van der Waals surface area contributed by atoms with Gasteiger partial charge in [0.25, 0.3) is 5.91 Å². The first kappa shape index (κ1) is 17.2. The third-order valence-electron chi connectivity index (χ3n) is 7.19. The Labute approximate surface area is 159 Å². The third-order valence-corrected chi connectivity index (χ3v) is 7.19. The Kier molecular flexibility index (Phi) is 4.00. The molecular formula is C21H27N3O3. The number of pyridine rings is 1. The second-order valence-electron chi connectivity index (χ2n) is 8.84. The van der Waals surface area contributed by atoms with E-state index in [4.69, 9.17) is 4.74 Å². The fourth-order valence-corrected chi connectivity index (χ4v) is 5.54. The molecule has 1 aromatic heterocycles. The summed E-state index contributed by atoms with van der Waals surface area (Å²) >= 11 is 0. The zero-order valence-electron chi connectivity index (χ0n) is 15.8. The minimum absolute atomic E-state index is 0.0802. The molecule has 1 aromatic rings. The maximum Gasteiger partial charge on any atom is 0.252 e. The minimum Gasteiger partial charge on any atom is -0.369 e. The first-order chi connectivity index (χ1) is 13.1. The Bertz CT molecular complexity index is 778. The lowest BCUT2D eigenvalue weighted by atomic mass is 9.73. The Balaban J connectivity index is 1.25. The number of hydrogen-bond acceptors (Lipinski definition) is 4. The van der Waals surface area contributed by atoms with Gasteiger partial charge < -0.3 is 15.0 Å². The summed E-state index contributed by atoms with van der Waals surface area (Å²) in [6.45, 7) is 4.08. The smallest absolute Gasteiger partial charge is 0.252 e. The van der Waals surface area contributed by atoms with E-state index in [1.165, 1.54) is 6.42 Å². The van der Waals surface area contributed by atoms with Crippen LogP contribution in [0.4, 0.5) is 0 Å². The Morgan fingerprint density at radius 2 is 2.19 bits per heavy atom. The van der Waals surface area contributed by atoms with Crippen LogP contribution in [0.2, 0.25) is 0 Å². The molecule has 4 aliphatic rings. The van der Waals surface area contributed by atoms with Gasteiger partial charge in [-0.3, -0.25) is 14.6 Å². The van der Waals surface area contributed by atoms with E-state index in [9.17, 15) is 9.59 Å². The van der Waals surface area contributed by atoms with Crippen LogP contribution in [0.3, 0.4) is 0 Å². The van der Waals surface area contributed by atoms with E-state index in [1.807, 2.05) is 13.0 Å². The molecule has 4 atom stereocenters. The first-order valence-corrected chi connectivity index (χ1v) is 10.2. The number of nitrogens with zero attached hydrogens (tertiary/aromatic N) is 2. The molecule has 4 heterocycles. The minimum atomic E-state index is -0.162. The molecule has 0 radical (unpaired) electrons. The lowest BCUT2D eigenvalue weighted by molar-refractivity contribution is -0.138. The highest BCUT2D eigenvalue weighted by molar-refractivity contribution is 5.94. The molecule has 3 aliphatic heterocycles. The van der Waals surface area contributed by atoms with Crippen molar-refractivity contribution in [3.63, 3.8) is 0 Å². The molecular weight excluding hydrogens is 342 g/mol. The summed E-state index contributed by atoms with van der Waals surface area (Å²) in [5.41, 5.74) is 1.41. The van der Waals surface area contributed by atoms with Crippen LogP contribution in [0.1, 0.15) is 48.0 Å². The number of amides is 2. The van der Waals surface area contributed by atoms with Gasteiger partial charge in [0.05, 0.1) is 23.8 Å². The molecule has 0 aromatic carbocycles. The van der Waals surface area contributed by atoms with Gasteiger partial charge >= 0.3 is 0 Å². The maximum absolute atomic E-state index is 12.7. The number of rotatable bonds is 4. The van der Waals surface area contributed by atoms with Crippen molar-refractivity contribution in [3.8, 4) is 0 Å². The molecule has 0 unspecified atom stereocenters. The summed E-state index contributed by atoms with van der Waals surface area (Å²) in [6.07, 6.45) is 8.91. The van der Waals surface area contributed by atoms with Gasteiger partial charge in [-0.15, -0.1) is 0 Å². The van der Waals surface area contributed by atoms with E-state index in [-0.39, 0.29) is 23.5 Å². The fourth-order valence-electron chi connectivity index (χ4n) is 5.54. The average molecular weight is 369 g/mol. The molecule has 2 amide bonds. The number of nitrogens with one attached hydrogen (secondary N) is 1. The predicted octanol–water partition coefficient (Wildman–Crippen LogP) is 1.93. The summed E-state index contributed by atoms with van der Waals surface area (Å²) in [5.74, 6) is 1.12. The summed E-state index contributed by atoms with van der Waals surface area (Å²) in [7, 11) is 0. The second-order valence-corrected chi connectivity index (χ2v) is 8.84. The van der Waals surface area contributed by atoms with Crippen molar-refractivity contribution in [2.75, 3.05) is 19.6 Å². The molecule has 3 saturated heterocycles. The van der Waals surface area contributed by atoms with E-state index in [0.717, 1.165) is 44.3 Å². The van der Waals surface area contributed by atoms with Crippen LogP contribution in [0, 0.1) is 24.7 Å². The number of aryl methyl sites for hydroxylation is 1. The lowest BCUT2D eigenvalue weighted by Gasteiger charge is -2.30. The highest BCUT2D eigenvalue weighted by atomic mass is 16.5. The number of ether oxygens (including phenoxy) is 1. The van der Waals surface area contributed by atoms with Crippen molar-refractivity contribution < 1.29 is 14.3 Å². The molecule has 1 aliphatic carbocycles. The van der Waals surface area contributed by atoms with Crippen LogP contribution in [0.15, 0.2) is 18.5 Å². The average Bonchev–Trinajstić information content (AvgIpc) is 3.26. The summed E-state index contributed by atoms with van der Waals surface area (Å²) in [5, 5.41) is 3.09. The van der Waals surface area contributed by atoms with Gasteiger partial charge in [0.15, 0.2) is 0 Å². The maximum atomic E-state index is 12.7. The van der Waals surface area contributed by atoms with Crippen LogP contribution in [-0.4, -0.2) is 53.0 Å². The van der Waals surface area contributed by atoms with Gasteiger partial charge in [-0.1, -0.05) is 6.42 Å². The molecule has 5 rings (SSSR count). The number of aromatic nitrogens is 1. The molecule has 6 heteroatoms. The monoisotopic (exact) mass is 369 g/mol. The van der Waals surface area contributed by atoms with Gasteiger partial charge in [0.1, 0.15) is 0 Å². The van der Waals surface area contributed by atoms with E-state index >= 15 is 0 Å². The largest absolute Gasteiger partial charge is 0.369 e. The van der Waals surface area contributed by atoms with Crippen molar-refractivity contribution in [2.24, 2.45) is 17.8 Å². The standard InChI is InChI=1S/C21H27N3O3/c1-13-7-15(9-22-8-13)19(25)23-10-16-17-11-24(20(26)14-3-2-4-14)12-21(17)6-5-18(16)27-21/h7-9,14,16-18H,2-6,10-12H2,1H3,(H,23,25)/t16-,17+,18+,21+/m0/s1. The Hall–Kier alpha value is -1.95. The molecule has 2 bridgehead atoms. The number of fused-ring (bicyclic) bond motifs is 1. The van der Waals surface area contributed by atoms with Crippen LogP contribution < -0.4 is 5.32 Å². The van der Waals surface area contributed by atoms with E-state index in [1.54, 1.807) is 12.4 Å². The van der Waals surface area contributed by atoms with Crippen LogP contribution in [0.25, 0.3) is 0 Å². The van der Waals surface area contributed by atoms with Crippen molar-refractivity contribution in [2.45, 2.75) is 50.7 Å². The number of likely N-dealkylation sites (tertiary alicyclic amines) is 1. The summed E-state index contributed by atoms with van der Waals surface area (Å²) in [4.78, 5) is 31.4. The lowest BCUT2D eigenvalue weighted by Crippen LogP contribution is -2.41. The van der Waals surface area contributed by atoms with Crippen LogP contribution >= 0.6 is 0 Å². The SMILES string of the molecule is Cc1cncc(C(=O)NC[C@H]2[C@H]3CN(C(=O)C4CCC4)C[C@]34CC[C@H]2O4)c1. The quantitative estimate of drug-likeness (QED) is 0.880. The third kappa shape index (κ3) is 2.76. The van der Waals surface area contributed by atoms with Crippen LogP contribution in [0.5, 0.6) is 0 Å². The van der Waals surface area contributed by atoms with Gasteiger partial charge in [-0.2, -0.15) is 0 Å². The second kappa shape index (κ2) is 6.30. The van der Waals surface area contributed by atoms with Gasteiger partial charge in [-0.05, 0) is 44.2 Å². The highest BCUT2D eigenvalue weighted by Gasteiger charge is 2.63. The molecule has 144 valence electrons.